The zero-order chi connectivity index (χ0) is 12.3. The monoisotopic (exact) mass is 273 g/mol. The van der Waals surface area contributed by atoms with Crippen LogP contribution in [0.5, 0.6) is 0 Å². The maximum absolute atomic E-state index is 6.09. The van der Waals surface area contributed by atoms with E-state index in [1.54, 1.807) is 12.3 Å². The molecule has 1 saturated heterocycles. The predicted octanol–water partition coefficient (Wildman–Crippen LogP) is 3.19. The summed E-state index contributed by atoms with van der Waals surface area (Å²) in [7, 11) is 0. The minimum atomic E-state index is 0.356. The summed E-state index contributed by atoms with van der Waals surface area (Å²) in [5.41, 5.74) is 0. The van der Waals surface area contributed by atoms with Crippen molar-refractivity contribution in [2.45, 2.75) is 25.8 Å². The lowest BCUT2D eigenvalue weighted by Gasteiger charge is -2.29. The Morgan fingerprint density at radius 1 is 1.53 bits per heavy atom. The molecule has 0 aliphatic carbocycles. The molecule has 2 atom stereocenters. The minimum Gasteiger partial charge on any atom is -0.366 e. The Kier molecular flexibility index (Phi) is 4.48. The summed E-state index contributed by atoms with van der Waals surface area (Å²) in [5, 5.41) is 7.92. The van der Waals surface area contributed by atoms with Crippen molar-refractivity contribution < 1.29 is 0 Å². The lowest BCUT2D eigenvalue weighted by Crippen LogP contribution is -2.38. The largest absolute Gasteiger partial charge is 0.366 e. The maximum Gasteiger partial charge on any atom is 0.145 e. The molecule has 2 heterocycles. The lowest BCUT2D eigenvalue weighted by molar-refractivity contribution is 0.346. The van der Waals surface area contributed by atoms with E-state index in [1.807, 2.05) is 0 Å². The highest BCUT2D eigenvalue weighted by molar-refractivity contribution is 6.35. The van der Waals surface area contributed by atoms with Crippen LogP contribution in [0.2, 0.25) is 10.0 Å². The Balaban J connectivity index is 1.99. The molecule has 0 amide bonds. The van der Waals surface area contributed by atoms with Gasteiger partial charge in [-0.3, -0.25) is 0 Å². The first kappa shape index (κ1) is 12.9. The van der Waals surface area contributed by atoms with Crippen LogP contribution in [0.3, 0.4) is 0 Å². The van der Waals surface area contributed by atoms with E-state index in [9.17, 15) is 0 Å². The topological polar surface area (TPSA) is 37.0 Å². The maximum atomic E-state index is 6.09. The molecule has 0 bridgehead atoms. The van der Waals surface area contributed by atoms with Crippen molar-refractivity contribution in [3.05, 3.63) is 22.3 Å². The highest BCUT2D eigenvalue weighted by Crippen LogP contribution is 2.25. The number of aromatic nitrogens is 1. The number of hydrogen-bond donors (Lipinski definition) is 2. The second kappa shape index (κ2) is 5.89. The van der Waals surface area contributed by atoms with Gasteiger partial charge in [0.2, 0.25) is 0 Å². The molecule has 1 fully saturated rings. The summed E-state index contributed by atoms with van der Waals surface area (Å²) in [4.78, 5) is 4.22. The molecule has 3 nitrogen and oxygen atoms in total. The van der Waals surface area contributed by atoms with Crippen LogP contribution in [-0.4, -0.2) is 24.1 Å². The number of rotatable bonds is 3. The molecule has 5 heteroatoms. The Bertz CT molecular complexity index is 378. The fraction of sp³-hybridized carbons (Fsp3) is 0.583. The summed E-state index contributed by atoms with van der Waals surface area (Å²) in [6.07, 6.45) is 4.09. The van der Waals surface area contributed by atoms with Crippen molar-refractivity contribution >= 4 is 29.0 Å². The zero-order valence-corrected chi connectivity index (χ0v) is 11.4. The van der Waals surface area contributed by atoms with Crippen molar-refractivity contribution in [3.63, 3.8) is 0 Å². The van der Waals surface area contributed by atoms with E-state index >= 15 is 0 Å². The van der Waals surface area contributed by atoms with Crippen LogP contribution in [-0.2, 0) is 0 Å². The van der Waals surface area contributed by atoms with Crippen LogP contribution in [0.4, 0.5) is 5.82 Å². The van der Waals surface area contributed by atoms with Gasteiger partial charge in [0.25, 0.3) is 0 Å². The molecular weight excluding hydrogens is 257 g/mol. The van der Waals surface area contributed by atoms with Gasteiger partial charge >= 0.3 is 0 Å². The lowest BCUT2D eigenvalue weighted by atomic mass is 9.93. The smallest absolute Gasteiger partial charge is 0.145 e. The van der Waals surface area contributed by atoms with Crippen molar-refractivity contribution in [1.29, 1.82) is 0 Å². The summed E-state index contributed by atoms with van der Waals surface area (Å²) in [5.74, 6) is 1.34. The second-order valence-corrected chi connectivity index (χ2v) is 5.37. The molecular formula is C12H17Cl2N3. The third-order valence-corrected chi connectivity index (χ3v) is 3.71. The van der Waals surface area contributed by atoms with Crippen molar-refractivity contribution in [1.82, 2.24) is 10.3 Å². The summed E-state index contributed by atoms with van der Waals surface area (Å²) < 4.78 is 0. The van der Waals surface area contributed by atoms with E-state index in [0.29, 0.717) is 27.8 Å². The van der Waals surface area contributed by atoms with Gasteiger partial charge < -0.3 is 10.6 Å². The number of pyridine rings is 1. The molecule has 1 aliphatic rings. The highest BCUT2D eigenvalue weighted by atomic mass is 35.5. The van der Waals surface area contributed by atoms with Gasteiger partial charge in [0.05, 0.1) is 10.0 Å². The fourth-order valence-electron chi connectivity index (χ4n) is 2.16. The van der Waals surface area contributed by atoms with E-state index < -0.39 is 0 Å². The third-order valence-electron chi connectivity index (χ3n) is 3.21. The van der Waals surface area contributed by atoms with Gasteiger partial charge in [0.15, 0.2) is 0 Å². The normalized spacial score (nSPS) is 22.2. The van der Waals surface area contributed by atoms with Crippen LogP contribution in [0.25, 0.3) is 0 Å². The van der Waals surface area contributed by atoms with Gasteiger partial charge in [0, 0.05) is 12.2 Å². The first-order valence-electron chi connectivity index (χ1n) is 5.95. The van der Waals surface area contributed by atoms with Crippen molar-refractivity contribution in [2.75, 3.05) is 18.4 Å². The van der Waals surface area contributed by atoms with Crippen LogP contribution in [0.1, 0.15) is 19.8 Å². The summed E-state index contributed by atoms with van der Waals surface area (Å²) in [6, 6.07) is 2.07. The second-order valence-electron chi connectivity index (χ2n) is 4.52. The van der Waals surface area contributed by atoms with E-state index in [1.165, 1.54) is 12.8 Å². The molecule has 1 aromatic rings. The van der Waals surface area contributed by atoms with Gasteiger partial charge in [0.1, 0.15) is 5.82 Å². The number of nitrogens with one attached hydrogen (secondary N) is 2. The summed E-state index contributed by atoms with van der Waals surface area (Å²) >= 11 is 11.9. The van der Waals surface area contributed by atoms with Gasteiger partial charge in [-0.25, -0.2) is 4.98 Å². The van der Waals surface area contributed by atoms with Crippen LogP contribution >= 0.6 is 23.2 Å². The molecule has 1 aliphatic heterocycles. The molecule has 2 unspecified atom stereocenters. The van der Waals surface area contributed by atoms with Crippen LogP contribution in [0, 0.1) is 5.92 Å². The van der Waals surface area contributed by atoms with Crippen molar-refractivity contribution in [2.24, 2.45) is 5.92 Å². The van der Waals surface area contributed by atoms with E-state index in [0.717, 1.165) is 13.1 Å². The first-order chi connectivity index (χ1) is 8.16. The number of hydrogen-bond acceptors (Lipinski definition) is 3. The molecule has 17 heavy (non-hydrogen) atoms. The van der Waals surface area contributed by atoms with Crippen LogP contribution in [0.15, 0.2) is 12.3 Å². The number of piperidine rings is 1. The third kappa shape index (κ3) is 3.47. The zero-order valence-electron chi connectivity index (χ0n) is 9.84. The van der Waals surface area contributed by atoms with Crippen molar-refractivity contribution in [3.8, 4) is 0 Å². The predicted molar refractivity (Wildman–Crippen MR) is 72.9 cm³/mol. The van der Waals surface area contributed by atoms with Crippen LogP contribution < -0.4 is 10.6 Å². The van der Waals surface area contributed by atoms with E-state index in [4.69, 9.17) is 23.2 Å². The standard InChI is InChI=1S/C12H17Cl2N3/c1-8(9-3-2-4-15-6-9)17-12-11(14)5-10(13)7-16-12/h5,7-9,15H,2-4,6H2,1H3,(H,16,17). The van der Waals surface area contributed by atoms with E-state index in [2.05, 4.69) is 22.5 Å². The Morgan fingerprint density at radius 3 is 3.00 bits per heavy atom. The fourth-order valence-corrected chi connectivity index (χ4v) is 2.59. The molecule has 0 spiro atoms. The Morgan fingerprint density at radius 2 is 2.35 bits per heavy atom. The van der Waals surface area contributed by atoms with Gasteiger partial charge in [-0.05, 0) is 44.8 Å². The van der Waals surface area contributed by atoms with Gasteiger partial charge in [-0.15, -0.1) is 0 Å². The quantitative estimate of drug-likeness (QED) is 0.888. The van der Waals surface area contributed by atoms with E-state index in [-0.39, 0.29) is 0 Å². The molecule has 0 aromatic carbocycles. The average Bonchev–Trinajstić information content (AvgIpc) is 2.34. The highest BCUT2D eigenvalue weighted by Gasteiger charge is 2.20. The SMILES string of the molecule is CC(Nc1ncc(Cl)cc1Cl)C1CCCNC1. The van der Waals surface area contributed by atoms with Gasteiger partial charge in [-0.2, -0.15) is 0 Å². The van der Waals surface area contributed by atoms with Gasteiger partial charge in [-0.1, -0.05) is 23.2 Å². The number of halogens is 2. The first-order valence-corrected chi connectivity index (χ1v) is 6.70. The molecule has 2 rings (SSSR count). The minimum absolute atomic E-state index is 0.356. The summed E-state index contributed by atoms with van der Waals surface area (Å²) in [6.45, 7) is 4.35. The molecule has 1 aromatic heterocycles. The number of nitrogens with zero attached hydrogens (tertiary/aromatic N) is 1. The molecule has 94 valence electrons. The average molecular weight is 274 g/mol. The Hall–Kier alpha value is -0.510. The Labute approximate surface area is 112 Å². The number of anilines is 1. The molecule has 2 N–H and O–H groups in total. The molecule has 0 radical (unpaired) electrons. The molecule has 0 saturated carbocycles.